The number of hydrogen-bond donors (Lipinski definition) is 0. The minimum atomic E-state index is -1.18. The SMILES string of the molecule is CCCCC(C)C(=O)OCC(=O)[C@H]1CC[C@H]2[C@@H]3C[C@H](F)C4=CC(=O)C=C[C@]4(C)[C@@]34O[C@H]4C[C@]12C. The number of carbonyl (C=O) groups is 3. The standard InChI is InChI=1S/C28H37FO5/c1-5-6-7-16(2)25(32)33-15-23(31)19-9-8-18-20-13-22(29)21-12-17(30)10-11-27(21,4)28(20)24(34-28)14-26(18,19)3/h10-12,16,18-20,22,24H,5-9,13-15H2,1-4H3/t16?,18-,19+,20-,22-,24-,26-,27-,28+/m0/s1. The van der Waals surface area contributed by atoms with E-state index in [1.165, 1.54) is 6.08 Å². The smallest absolute Gasteiger partial charge is 0.309 e. The monoisotopic (exact) mass is 472 g/mol. The number of allylic oxidation sites excluding steroid dienone is 2. The van der Waals surface area contributed by atoms with Crippen molar-refractivity contribution in [1.29, 1.82) is 0 Å². The van der Waals surface area contributed by atoms with Crippen LogP contribution in [0.4, 0.5) is 4.39 Å². The van der Waals surface area contributed by atoms with E-state index in [0.717, 1.165) is 38.5 Å². The van der Waals surface area contributed by atoms with Gasteiger partial charge in [-0.05, 0) is 74.0 Å². The average molecular weight is 473 g/mol. The Hall–Kier alpha value is -1.82. The normalized spacial score (nSPS) is 44.8. The lowest BCUT2D eigenvalue weighted by atomic mass is 9.47. The quantitative estimate of drug-likeness (QED) is 0.388. The Kier molecular flexibility index (Phi) is 5.70. The van der Waals surface area contributed by atoms with Crippen molar-refractivity contribution < 1.29 is 28.2 Å². The first-order valence-corrected chi connectivity index (χ1v) is 13.0. The van der Waals surface area contributed by atoms with Crippen molar-refractivity contribution in [1.82, 2.24) is 0 Å². The number of ether oxygens (including phenoxy) is 2. The van der Waals surface area contributed by atoms with Crippen LogP contribution in [-0.4, -0.2) is 42.0 Å². The molecule has 186 valence electrons. The maximum Gasteiger partial charge on any atom is 0.309 e. The number of hydrogen-bond acceptors (Lipinski definition) is 5. The van der Waals surface area contributed by atoms with E-state index in [9.17, 15) is 14.4 Å². The molecule has 0 aromatic carbocycles. The van der Waals surface area contributed by atoms with Gasteiger partial charge >= 0.3 is 5.97 Å². The van der Waals surface area contributed by atoms with Gasteiger partial charge in [-0.15, -0.1) is 0 Å². The van der Waals surface area contributed by atoms with Gasteiger partial charge in [-0.3, -0.25) is 14.4 Å². The molecule has 9 atom stereocenters. The second-order valence-corrected chi connectivity index (χ2v) is 11.8. The van der Waals surface area contributed by atoms with Crippen LogP contribution in [0.1, 0.15) is 72.6 Å². The van der Waals surface area contributed by atoms with Crippen LogP contribution >= 0.6 is 0 Å². The zero-order chi connectivity index (χ0) is 24.5. The number of halogens is 1. The highest BCUT2D eigenvalue weighted by Gasteiger charge is 2.80. The zero-order valence-corrected chi connectivity index (χ0v) is 20.8. The summed E-state index contributed by atoms with van der Waals surface area (Å²) in [5.74, 6) is -0.706. The summed E-state index contributed by atoms with van der Waals surface area (Å²) in [7, 11) is 0. The topological polar surface area (TPSA) is 73.0 Å². The van der Waals surface area contributed by atoms with Gasteiger partial charge in [0.05, 0.1) is 12.0 Å². The molecule has 1 aliphatic heterocycles. The fraction of sp³-hybridized carbons (Fsp3) is 0.750. The fourth-order valence-corrected chi connectivity index (χ4v) is 8.18. The highest BCUT2D eigenvalue weighted by Crippen LogP contribution is 2.75. The van der Waals surface area contributed by atoms with Gasteiger partial charge in [-0.25, -0.2) is 4.39 Å². The molecule has 34 heavy (non-hydrogen) atoms. The summed E-state index contributed by atoms with van der Waals surface area (Å²) in [5, 5.41) is 0. The van der Waals surface area contributed by atoms with Gasteiger partial charge in [0.25, 0.3) is 0 Å². The Morgan fingerprint density at radius 1 is 1.26 bits per heavy atom. The van der Waals surface area contributed by atoms with E-state index in [1.807, 2.05) is 19.9 Å². The molecule has 0 aromatic rings. The third-order valence-electron chi connectivity index (χ3n) is 10.1. The molecule has 0 radical (unpaired) electrons. The minimum Gasteiger partial charge on any atom is -0.457 e. The summed E-state index contributed by atoms with van der Waals surface area (Å²) in [6, 6.07) is 0. The molecule has 1 saturated heterocycles. The molecule has 5 aliphatic rings. The molecule has 6 heteroatoms. The Labute approximate surface area is 201 Å². The highest BCUT2D eigenvalue weighted by atomic mass is 19.1. The van der Waals surface area contributed by atoms with E-state index in [1.54, 1.807) is 6.08 Å². The molecule has 0 bridgehead atoms. The van der Waals surface area contributed by atoms with E-state index in [0.29, 0.717) is 12.0 Å². The van der Waals surface area contributed by atoms with Crippen molar-refractivity contribution in [2.45, 2.75) is 90.5 Å². The predicted octanol–water partition coefficient (Wildman–Crippen LogP) is 4.93. The second-order valence-electron chi connectivity index (χ2n) is 11.8. The van der Waals surface area contributed by atoms with Gasteiger partial charge in [0.2, 0.25) is 0 Å². The fourth-order valence-electron chi connectivity index (χ4n) is 8.18. The van der Waals surface area contributed by atoms with Crippen molar-refractivity contribution in [2.75, 3.05) is 6.61 Å². The number of fused-ring (bicyclic) bond motifs is 3. The Morgan fingerprint density at radius 3 is 2.76 bits per heavy atom. The number of carbonyl (C=O) groups excluding carboxylic acids is 3. The van der Waals surface area contributed by atoms with Crippen molar-refractivity contribution in [3.05, 3.63) is 23.8 Å². The lowest BCUT2D eigenvalue weighted by Gasteiger charge is -2.55. The van der Waals surface area contributed by atoms with Gasteiger partial charge in [0, 0.05) is 11.3 Å². The van der Waals surface area contributed by atoms with Crippen LogP contribution in [0.15, 0.2) is 23.8 Å². The number of alkyl halides is 1. The van der Waals surface area contributed by atoms with Crippen LogP contribution in [0.5, 0.6) is 0 Å². The average Bonchev–Trinajstić information content (AvgIpc) is 3.42. The molecule has 1 unspecified atom stereocenters. The van der Waals surface area contributed by atoms with Crippen LogP contribution in [0.2, 0.25) is 0 Å². The Morgan fingerprint density at radius 2 is 2.03 bits per heavy atom. The van der Waals surface area contributed by atoms with E-state index >= 15 is 4.39 Å². The molecule has 0 aromatic heterocycles. The highest BCUT2D eigenvalue weighted by molar-refractivity contribution is 6.01. The van der Waals surface area contributed by atoms with Crippen LogP contribution in [0.25, 0.3) is 0 Å². The summed E-state index contributed by atoms with van der Waals surface area (Å²) in [6.45, 7) is 7.93. The molecule has 5 rings (SSSR count). The molecular formula is C28H37FO5. The van der Waals surface area contributed by atoms with E-state index < -0.39 is 17.2 Å². The first-order valence-electron chi connectivity index (χ1n) is 13.0. The molecule has 1 heterocycles. The van der Waals surface area contributed by atoms with Crippen LogP contribution < -0.4 is 0 Å². The zero-order valence-electron chi connectivity index (χ0n) is 20.8. The molecule has 4 aliphatic carbocycles. The van der Waals surface area contributed by atoms with Crippen molar-refractivity contribution in [3.63, 3.8) is 0 Å². The van der Waals surface area contributed by atoms with Crippen LogP contribution in [-0.2, 0) is 23.9 Å². The molecular weight excluding hydrogens is 435 g/mol. The lowest BCUT2D eigenvalue weighted by molar-refractivity contribution is -0.154. The van der Waals surface area contributed by atoms with Crippen molar-refractivity contribution in [3.8, 4) is 0 Å². The van der Waals surface area contributed by atoms with Gasteiger partial charge in [0.1, 0.15) is 18.4 Å². The maximum atomic E-state index is 15.5. The molecule has 5 nitrogen and oxygen atoms in total. The van der Waals surface area contributed by atoms with Crippen LogP contribution in [0, 0.1) is 34.5 Å². The number of epoxide rings is 1. The largest absolute Gasteiger partial charge is 0.457 e. The van der Waals surface area contributed by atoms with E-state index in [2.05, 4.69) is 13.8 Å². The molecule has 0 N–H and O–H groups in total. The first kappa shape index (κ1) is 23.9. The van der Waals surface area contributed by atoms with Gasteiger partial charge in [-0.1, -0.05) is 39.7 Å². The number of rotatable bonds is 7. The third kappa shape index (κ3) is 3.23. The summed E-state index contributed by atoms with van der Waals surface area (Å²) in [4.78, 5) is 37.6. The number of Topliss-reactive ketones (excluding diaryl/α,β-unsaturated/α-hetero) is 1. The van der Waals surface area contributed by atoms with Gasteiger partial charge in [-0.2, -0.15) is 0 Å². The predicted molar refractivity (Wildman–Crippen MR) is 125 cm³/mol. The Bertz CT molecular complexity index is 970. The van der Waals surface area contributed by atoms with Gasteiger partial charge in [0.15, 0.2) is 11.6 Å². The van der Waals surface area contributed by atoms with Gasteiger partial charge < -0.3 is 9.47 Å². The van der Waals surface area contributed by atoms with Crippen LogP contribution in [0.3, 0.4) is 0 Å². The Balaban J connectivity index is 1.33. The lowest BCUT2D eigenvalue weighted by Crippen LogP contribution is -2.59. The molecule has 4 fully saturated rings. The molecule has 3 saturated carbocycles. The number of unbranched alkanes of at least 4 members (excludes halogenated alkanes) is 1. The third-order valence-corrected chi connectivity index (χ3v) is 10.1. The molecule has 1 spiro atoms. The number of esters is 1. The minimum absolute atomic E-state index is 0.000619. The van der Waals surface area contributed by atoms with E-state index in [-0.39, 0.29) is 59.3 Å². The van der Waals surface area contributed by atoms with Crippen molar-refractivity contribution >= 4 is 17.5 Å². The van der Waals surface area contributed by atoms with E-state index in [4.69, 9.17) is 9.47 Å². The summed E-state index contributed by atoms with van der Waals surface area (Å²) < 4.78 is 27.4. The first-order chi connectivity index (χ1) is 16.1. The molecule has 0 amide bonds. The maximum absolute atomic E-state index is 15.5. The second kappa shape index (κ2) is 8.11. The summed E-state index contributed by atoms with van der Waals surface area (Å²) >= 11 is 0. The van der Waals surface area contributed by atoms with Crippen molar-refractivity contribution in [2.24, 2.45) is 34.5 Å². The number of ketones is 2. The summed E-state index contributed by atoms with van der Waals surface area (Å²) in [6.07, 6.45) is 9.08. The summed E-state index contributed by atoms with van der Waals surface area (Å²) in [5.41, 5.74) is -0.848.